The summed E-state index contributed by atoms with van der Waals surface area (Å²) in [4.78, 5) is 14.8. The standard InChI is InChI=1S/C25H28N4O2/c1-3-12-27-15-19(22-6-4-5-7-23(22)27)16-28-20-9-10-21(28)14-25(31,13-20)17-29-24(30)11-8-18(2)26-29/h1,4-8,11,15,20-21,31H,9-10,12-14,16-17H2,2H3. The fourth-order valence-corrected chi connectivity index (χ4v) is 5.62. The summed E-state index contributed by atoms with van der Waals surface area (Å²) < 4.78 is 3.57. The Morgan fingerprint density at radius 2 is 1.94 bits per heavy atom. The van der Waals surface area contributed by atoms with Crippen LogP contribution in [0.25, 0.3) is 10.9 Å². The predicted molar refractivity (Wildman–Crippen MR) is 121 cm³/mol. The lowest BCUT2D eigenvalue weighted by Gasteiger charge is -2.43. The highest BCUT2D eigenvalue weighted by Gasteiger charge is 2.47. The smallest absolute Gasteiger partial charge is 0.266 e. The van der Waals surface area contributed by atoms with Crippen LogP contribution in [-0.4, -0.2) is 42.0 Å². The van der Waals surface area contributed by atoms with Crippen LogP contribution in [0, 0.1) is 19.3 Å². The van der Waals surface area contributed by atoms with Crippen molar-refractivity contribution in [2.75, 3.05) is 0 Å². The molecule has 0 spiro atoms. The molecule has 2 aliphatic rings. The largest absolute Gasteiger partial charge is 0.388 e. The summed E-state index contributed by atoms with van der Waals surface area (Å²) in [5.74, 6) is 2.75. The zero-order valence-electron chi connectivity index (χ0n) is 17.9. The fourth-order valence-electron chi connectivity index (χ4n) is 5.62. The summed E-state index contributed by atoms with van der Waals surface area (Å²) in [5.41, 5.74) is 2.18. The highest BCUT2D eigenvalue weighted by molar-refractivity contribution is 5.84. The molecule has 0 aliphatic carbocycles. The van der Waals surface area contributed by atoms with E-state index in [-0.39, 0.29) is 12.1 Å². The van der Waals surface area contributed by atoms with E-state index in [1.165, 1.54) is 27.2 Å². The summed E-state index contributed by atoms with van der Waals surface area (Å²) in [5, 5.41) is 17.0. The Morgan fingerprint density at radius 3 is 2.68 bits per heavy atom. The van der Waals surface area contributed by atoms with Crippen LogP contribution in [-0.2, 0) is 19.6 Å². The third-order valence-electron chi connectivity index (χ3n) is 6.93. The number of aryl methyl sites for hydroxylation is 1. The topological polar surface area (TPSA) is 63.3 Å². The first kappa shape index (κ1) is 20.0. The van der Waals surface area contributed by atoms with E-state index in [9.17, 15) is 9.90 Å². The molecule has 2 bridgehead atoms. The van der Waals surface area contributed by atoms with Crippen molar-refractivity contribution in [1.82, 2.24) is 19.2 Å². The van der Waals surface area contributed by atoms with Gasteiger partial charge < -0.3 is 9.67 Å². The summed E-state index contributed by atoms with van der Waals surface area (Å²) in [7, 11) is 0. The first-order valence-corrected chi connectivity index (χ1v) is 11.0. The molecule has 5 rings (SSSR count). The second-order valence-corrected chi connectivity index (χ2v) is 9.16. The van der Waals surface area contributed by atoms with Gasteiger partial charge in [-0.3, -0.25) is 9.69 Å². The van der Waals surface area contributed by atoms with Crippen LogP contribution in [0.1, 0.15) is 36.9 Å². The summed E-state index contributed by atoms with van der Waals surface area (Å²) in [6.07, 6.45) is 11.2. The molecule has 0 radical (unpaired) electrons. The highest BCUT2D eigenvalue weighted by atomic mass is 16.3. The second kappa shape index (κ2) is 7.67. The monoisotopic (exact) mass is 416 g/mol. The molecule has 1 aromatic carbocycles. The van der Waals surface area contributed by atoms with Crippen LogP contribution in [0.15, 0.2) is 47.4 Å². The van der Waals surface area contributed by atoms with Gasteiger partial charge in [0.2, 0.25) is 0 Å². The molecule has 2 saturated heterocycles. The van der Waals surface area contributed by atoms with Gasteiger partial charge in [0.1, 0.15) is 0 Å². The first-order valence-electron chi connectivity index (χ1n) is 11.0. The van der Waals surface area contributed by atoms with Crippen LogP contribution in [0.5, 0.6) is 0 Å². The minimum atomic E-state index is -0.898. The van der Waals surface area contributed by atoms with Crippen LogP contribution in [0.2, 0.25) is 0 Å². The Kier molecular flexibility index (Phi) is 4.96. The van der Waals surface area contributed by atoms with Crippen molar-refractivity contribution in [2.24, 2.45) is 0 Å². The molecule has 2 fully saturated rings. The summed E-state index contributed by atoms with van der Waals surface area (Å²) >= 11 is 0. The highest BCUT2D eigenvalue weighted by Crippen LogP contribution is 2.42. The number of fused-ring (bicyclic) bond motifs is 3. The quantitative estimate of drug-likeness (QED) is 0.650. The van der Waals surface area contributed by atoms with E-state index in [1.807, 2.05) is 13.0 Å². The van der Waals surface area contributed by atoms with E-state index in [0.29, 0.717) is 31.5 Å². The molecular weight excluding hydrogens is 388 g/mol. The Balaban J connectivity index is 1.38. The molecular formula is C25H28N4O2. The van der Waals surface area contributed by atoms with Crippen molar-refractivity contribution >= 4 is 10.9 Å². The van der Waals surface area contributed by atoms with Gasteiger partial charge in [-0.05, 0) is 50.3 Å². The Labute approximate surface area is 182 Å². The summed E-state index contributed by atoms with van der Waals surface area (Å²) in [6.45, 7) is 3.54. The zero-order valence-corrected chi connectivity index (χ0v) is 17.9. The maximum Gasteiger partial charge on any atom is 0.266 e. The number of aromatic nitrogens is 3. The van der Waals surface area contributed by atoms with Gasteiger partial charge in [0.15, 0.2) is 0 Å². The molecule has 1 N–H and O–H groups in total. The van der Waals surface area contributed by atoms with E-state index in [0.717, 1.165) is 25.1 Å². The van der Waals surface area contributed by atoms with Gasteiger partial charge in [0.25, 0.3) is 5.56 Å². The van der Waals surface area contributed by atoms with Crippen LogP contribution in [0.3, 0.4) is 0 Å². The average Bonchev–Trinajstić information content (AvgIpc) is 3.21. The molecule has 0 saturated carbocycles. The molecule has 6 heteroatoms. The number of benzene rings is 1. The molecule has 2 aromatic heterocycles. The molecule has 2 atom stereocenters. The van der Waals surface area contributed by atoms with Crippen molar-refractivity contribution < 1.29 is 5.11 Å². The van der Waals surface area contributed by atoms with E-state index in [4.69, 9.17) is 6.42 Å². The number of para-hydroxylation sites is 1. The van der Waals surface area contributed by atoms with Gasteiger partial charge >= 0.3 is 0 Å². The number of nitrogens with zero attached hydrogens (tertiary/aromatic N) is 4. The minimum Gasteiger partial charge on any atom is -0.388 e. The average molecular weight is 417 g/mol. The fraction of sp³-hybridized carbons (Fsp3) is 0.440. The van der Waals surface area contributed by atoms with Crippen molar-refractivity contribution in [3.8, 4) is 12.3 Å². The minimum absolute atomic E-state index is 0.157. The van der Waals surface area contributed by atoms with Gasteiger partial charge in [0.05, 0.1) is 24.4 Å². The predicted octanol–water partition coefficient (Wildman–Crippen LogP) is 2.70. The lowest BCUT2D eigenvalue weighted by Crippen LogP contribution is -2.53. The second-order valence-electron chi connectivity index (χ2n) is 9.16. The zero-order chi connectivity index (χ0) is 21.6. The van der Waals surface area contributed by atoms with Crippen molar-refractivity contribution in [3.05, 3.63) is 64.2 Å². The van der Waals surface area contributed by atoms with E-state index in [1.54, 1.807) is 6.07 Å². The Hall–Kier alpha value is -2.88. The maximum absolute atomic E-state index is 12.2. The van der Waals surface area contributed by atoms with Crippen LogP contribution >= 0.6 is 0 Å². The van der Waals surface area contributed by atoms with Crippen molar-refractivity contribution in [3.63, 3.8) is 0 Å². The number of hydrogen-bond acceptors (Lipinski definition) is 4. The van der Waals surface area contributed by atoms with Gasteiger partial charge in [0, 0.05) is 41.8 Å². The van der Waals surface area contributed by atoms with E-state index >= 15 is 0 Å². The maximum atomic E-state index is 12.2. The molecule has 2 aliphatic heterocycles. The number of aliphatic hydroxyl groups is 1. The van der Waals surface area contributed by atoms with Gasteiger partial charge in [-0.25, -0.2) is 4.68 Å². The molecule has 31 heavy (non-hydrogen) atoms. The molecule has 2 unspecified atom stereocenters. The molecule has 0 amide bonds. The van der Waals surface area contributed by atoms with Crippen molar-refractivity contribution in [2.45, 2.75) is 69.9 Å². The molecule has 160 valence electrons. The van der Waals surface area contributed by atoms with Gasteiger partial charge in [-0.2, -0.15) is 5.10 Å². The summed E-state index contributed by atoms with van der Waals surface area (Å²) in [6, 6.07) is 12.3. The number of piperidine rings is 1. The third-order valence-corrected chi connectivity index (χ3v) is 6.93. The number of hydrogen-bond donors (Lipinski definition) is 1. The molecule has 6 nitrogen and oxygen atoms in total. The molecule has 3 aromatic rings. The van der Waals surface area contributed by atoms with E-state index < -0.39 is 5.60 Å². The first-order chi connectivity index (χ1) is 15.0. The van der Waals surface area contributed by atoms with Crippen LogP contribution in [0.4, 0.5) is 0 Å². The lowest BCUT2D eigenvalue weighted by molar-refractivity contribution is -0.0677. The Bertz CT molecular complexity index is 1200. The number of terminal acetylenes is 1. The lowest BCUT2D eigenvalue weighted by atomic mass is 9.85. The number of rotatable bonds is 5. The van der Waals surface area contributed by atoms with Gasteiger partial charge in [-0.15, -0.1) is 6.42 Å². The Morgan fingerprint density at radius 1 is 1.19 bits per heavy atom. The van der Waals surface area contributed by atoms with Gasteiger partial charge in [-0.1, -0.05) is 24.1 Å². The van der Waals surface area contributed by atoms with E-state index in [2.05, 4.69) is 44.9 Å². The molecule has 4 heterocycles. The third kappa shape index (κ3) is 3.69. The normalized spacial score (nSPS) is 25.7. The SMILES string of the molecule is C#CCn1cc(CN2C3CCC2CC(O)(Cn2nc(C)ccc2=O)C3)c2ccccc21. The van der Waals surface area contributed by atoms with Crippen molar-refractivity contribution in [1.29, 1.82) is 0 Å². The van der Waals surface area contributed by atoms with Crippen LogP contribution < -0.4 is 5.56 Å².